The molecule has 2 aliphatic rings. The molecule has 4 N–H and O–H groups in total. The summed E-state index contributed by atoms with van der Waals surface area (Å²) >= 11 is 0. The highest BCUT2D eigenvalue weighted by Gasteiger charge is 2.42. The number of aryl methyl sites for hydroxylation is 1. The Labute approximate surface area is 117 Å². The van der Waals surface area contributed by atoms with Crippen LogP contribution in [-0.4, -0.2) is 39.3 Å². The molecule has 108 valence electrons. The summed E-state index contributed by atoms with van der Waals surface area (Å²) in [6, 6.07) is 2.45. The number of pyridine rings is 1. The van der Waals surface area contributed by atoms with Crippen molar-refractivity contribution < 1.29 is 10.3 Å². The fourth-order valence-electron chi connectivity index (χ4n) is 3.60. The first-order valence-electron chi connectivity index (χ1n) is 7.01. The number of nitrogens with zero attached hydrogens (tertiary/aromatic N) is 3. The molecule has 6 heteroatoms. The van der Waals surface area contributed by atoms with Gasteiger partial charge in [0.1, 0.15) is 5.82 Å². The van der Waals surface area contributed by atoms with Crippen LogP contribution in [0.1, 0.15) is 36.8 Å². The molecule has 0 spiro atoms. The number of hydrogen-bond acceptors (Lipinski definition) is 5. The van der Waals surface area contributed by atoms with Gasteiger partial charge in [-0.15, -0.1) is 0 Å². The normalized spacial score (nSPS) is 29.8. The molecule has 0 aromatic carbocycles. The molecule has 2 saturated heterocycles. The van der Waals surface area contributed by atoms with Crippen molar-refractivity contribution in [2.45, 2.75) is 50.8 Å². The fourth-order valence-corrected chi connectivity index (χ4v) is 3.60. The summed E-state index contributed by atoms with van der Waals surface area (Å²) < 4.78 is 0. The van der Waals surface area contributed by atoms with Crippen molar-refractivity contribution in [3.63, 3.8) is 0 Å². The van der Waals surface area contributed by atoms with Gasteiger partial charge >= 0.3 is 0 Å². The van der Waals surface area contributed by atoms with Crippen molar-refractivity contribution >= 4 is 11.7 Å². The summed E-state index contributed by atoms with van der Waals surface area (Å²) in [5.41, 5.74) is 7.46. The first-order valence-corrected chi connectivity index (χ1v) is 7.01. The van der Waals surface area contributed by atoms with Gasteiger partial charge in [0.2, 0.25) is 0 Å². The van der Waals surface area contributed by atoms with Crippen molar-refractivity contribution in [2.24, 2.45) is 10.9 Å². The van der Waals surface area contributed by atoms with Crippen molar-refractivity contribution in [1.82, 2.24) is 4.98 Å². The predicted octanol–water partition coefficient (Wildman–Crippen LogP) is 0.977. The highest BCUT2D eigenvalue weighted by molar-refractivity contribution is 6.02. The Balaban J connectivity index is 2.05. The van der Waals surface area contributed by atoms with Gasteiger partial charge in [-0.2, -0.15) is 0 Å². The van der Waals surface area contributed by atoms with Crippen LogP contribution in [0.15, 0.2) is 17.4 Å². The van der Waals surface area contributed by atoms with Crippen molar-refractivity contribution in [2.75, 3.05) is 4.90 Å². The van der Waals surface area contributed by atoms with Crippen LogP contribution in [0.2, 0.25) is 0 Å². The highest BCUT2D eigenvalue weighted by atomic mass is 16.4. The minimum atomic E-state index is -0.221. The zero-order valence-corrected chi connectivity index (χ0v) is 11.5. The van der Waals surface area contributed by atoms with Crippen LogP contribution in [0.3, 0.4) is 0 Å². The molecule has 2 aliphatic heterocycles. The summed E-state index contributed by atoms with van der Waals surface area (Å²) in [4.78, 5) is 6.73. The average molecular weight is 276 g/mol. The van der Waals surface area contributed by atoms with E-state index in [1.165, 1.54) is 0 Å². The third kappa shape index (κ3) is 2.00. The van der Waals surface area contributed by atoms with Crippen LogP contribution < -0.4 is 10.6 Å². The van der Waals surface area contributed by atoms with E-state index in [2.05, 4.69) is 15.0 Å². The molecule has 1 aromatic heterocycles. The van der Waals surface area contributed by atoms with Gasteiger partial charge in [0, 0.05) is 18.3 Å². The average Bonchev–Trinajstić information content (AvgIpc) is 2.69. The molecule has 2 unspecified atom stereocenters. The third-order valence-corrected chi connectivity index (χ3v) is 4.46. The monoisotopic (exact) mass is 276 g/mol. The maximum atomic E-state index is 9.90. The Hall–Kier alpha value is -1.82. The second-order valence-corrected chi connectivity index (χ2v) is 5.73. The Morgan fingerprint density at radius 3 is 2.65 bits per heavy atom. The SMILES string of the molecule is Cc1ccnc(N2C3CCC2CC(O)C3)c1/C(N)=N/O. The number of fused-ring (bicyclic) bond motifs is 2. The lowest BCUT2D eigenvalue weighted by molar-refractivity contribution is 0.126. The molecule has 1 aromatic rings. The standard InChI is InChI=1S/C14H20N4O2/c1-8-4-5-16-14(12(8)13(15)17-20)18-9-2-3-10(18)7-11(19)6-9/h4-5,9-11,19-20H,2-3,6-7H2,1H3,(H2,15,17). The summed E-state index contributed by atoms with van der Waals surface area (Å²) in [5, 5.41) is 22.0. The van der Waals surface area contributed by atoms with Crippen LogP contribution in [0.25, 0.3) is 0 Å². The Bertz CT molecular complexity index is 532. The molecule has 0 amide bonds. The topological polar surface area (TPSA) is 95.0 Å². The molecule has 2 atom stereocenters. The number of oxime groups is 1. The third-order valence-electron chi connectivity index (χ3n) is 4.46. The number of hydrogen-bond donors (Lipinski definition) is 3. The molecule has 0 aliphatic carbocycles. The summed E-state index contributed by atoms with van der Waals surface area (Å²) in [6.07, 6.45) is 5.19. The predicted molar refractivity (Wildman–Crippen MR) is 76.0 cm³/mol. The summed E-state index contributed by atoms with van der Waals surface area (Å²) in [6.45, 7) is 1.93. The van der Waals surface area contributed by atoms with Crippen molar-refractivity contribution in [1.29, 1.82) is 0 Å². The Morgan fingerprint density at radius 2 is 2.05 bits per heavy atom. The largest absolute Gasteiger partial charge is 0.409 e. The van der Waals surface area contributed by atoms with Crippen molar-refractivity contribution in [3.8, 4) is 0 Å². The van der Waals surface area contributed by atoms with Crippen LogP contribution in [-0.2, 0) is 0 Å². The first kappa shape index (κ1) is 13.2. The van der Waals surface area contributed by atoms with Gasteiger partial charge in [-0.05, 0) is 44.2 Å². The second kappa shape index (κ2) is 4.94. The quantitative estimate of drug-likeness (QED) is 0.324. The maximum Gasteiger partial charge on any atom is 0.174 e. The molecule has 6 nitrogen and oxygen atoms in total. The molecule has 3 heterocycles. The first-order chi connectivity index (χ1) is 9.61. The fraction of sp³-hybridized carbons (Fsp3) is 0.571. The molecule has 20 heavy (non-hydrogen) atoms. The minimum Gasteiger partial charge on any atom is -0.409 e. The van der Waals surface area contributed by atoms with E-state index >= 15 is 0 Å². The van der Waals surface area contributed by atoms with Gasteiger partial charge < -0.3 is 20.9 Å². The zero-order valence-electron chi connectivity index (χ0n) is 11.5. The van der Waals surface area contributed by atoms with Gasteiger partial charge in [0.15, 0.2) is 5.84 Å². The Morgan fingerprint density at radius 1 is 1.40 bits per heavy atom. The van der Waals surface area contributed by atoms with Crippen LogP contribution in [0.4, 0.5) is 5.82 Å². The van der Waals surface area contributed by atoms with Gasteiger partial charge in [-0.1, -0.05) is 5.16 Å². The molecular weight excluding hydrogens is 256 g/mol. The zero-order chi connectivity index (χ0) is 14.3. The number of aliphatic hydroxyl groups excluding tert-OH is 1. The lowest BCUT2D eigenvalue weighted by Crippen LogP contribution is -2.46. The van der Waals surface area contributed by atoms with Crippen LogP contribution in [0, 0.1) is 6.92 Å². The maximum absolute atomic E-state index is 9.90. The second-order valence-electron chi connectivity index (χ2n) is 5.73. The van der Waals surface area contributed by atoms with E-state index in [9.17, 15) is 5.11 Å². The van der Waals surface area contributed by atoms with E-state index in [-0.39, 0.29) is 11.9 Å². The number of aliphatic hydroxyl groups is 1. The highest BCUT2D eigenvalue weighted by Crippen LogP contribution is 2.40. The van der Waals surface area contributed by atoms with E-state index in [1.54, 1.807) is 6.20 Å². The number of piperidine rings is 1. The molecule has 0 radical (unpaired) electrons. The van der Waals surface area contributed by atoms with Crippen LogP contribution in [0.5, 0.6) is 0 Å². The summed E-state index contributed by atoms with van der Waals surface area (Å²) in [7, 11) is 0. The van der Waals surface area contributed by atoms with Gasteiger partial charge in [-0.25, -0.2) is 4.98 Å². The van der Waals surface area contributed by atoms with Gasteiger partial charge in [-0.3, -0.25) is 0 Å². The molecular formula is C14H20N4O2. The van der Waals surface area contributed by atoms with Gasteiger partial charge in [0.05, 0.1) is 11.7 Å². The molecule has 2 bridgehead atoms. The van der Waals surface area contributed by atoms with E-state index in [0.29, 0.717) is 17.6 Å². The number of nitrogens with two attached hydrogens (primary N) is 1. The van der Waals surface area contributed by atoms with E-state index in [1.807, 2.05) is 13.0 Å². The van der Waals surface area contributed by atoms with Crippen molar-refractivity contribution in [3.05, 3.63) is 23.4 Å². The number of rotatable bonds is 2. The Kier molecular flexibility index (Phi) is 3.25. The number of aromatic nitrogens is 1. The minimum absolute atomic E-state index is 0.0936. The van der Waals surface area contributed by atoms with E-state index < -0.39 is 0 Å². The lowest BCUT2D eigenvalue weighted by Gasteiger charge is -2.39. The molecule has 2 fully saturated rings. The number of anilines is 1. The molecule has 0 saturated carbocycles. The lowest BCUT2D eigenvalue weighted by atomic mass is 9.98. The smallest absolute Gasteiger partial charge is 0.174 e. The van der Waals surface area contributed by atoms with Gasteiger partial charge in [0.25, 0.3) is 0 Å². The number of amidine groups is 1. The van der Waals surface area contributed by atoms with E-state index in [4.69, 9.17) is 10.9 Å². The van der Waals surface area contributed by atoms with E-state index in [0.717, 1.165) is 37.1 Å². The molecule has 3 rings (SSSR count). The van der Waals surface area contributed by atoms with Crippen LogP contribution >= 0.6 is 0 Å². The summed E-state index contributed by atoms with van der Waals surface area (Å²) in [5.74, 6) is 0.871.